The summed E-state index contributed by atoms with van der Waals surface area (Å²) >= 11 is 0.309. The summed E-state index contributed by atoms with van der Waals surface area (Å²) in [4.78, 5) is 41.7. The van der Waals surface area contributed by atoms with Crippen LogP contribution in [0.2, 0.25) is 0 Å². The molecular formula is C20H19FN3O5S+. The molecule has 1 aliphatic rings. The Balaban J connectivity index is 1.65. The van der Waals surface area contributed by atoms with Crippen LogP contribution in [0.3, 0.4) is 0 Å². The van der Waals surface area contributed by atoms with E-state index < -0.39 is 47.1 Å². The molecule has 1 aromatic heterocycles. The standard InChI is InChI=1S/C20H18FN3O5S/c1-29-20(27)16-8-14(30-28)11-24(16)17(25)10-23-19(26)18-15(21)7-13(9-22-18)12-5-3-2-4-6-12/h2-7,9,14,16H,8,10-11H2,1H3/p+1/t14-,16+/m1/s1. The number of hydrogen-bond donors (Lipinski definition) is 1. The van der Waals surface area contributed by atoms with Crippen molar-refractivity contribution >= 4 is 29.5 Å². The third-order valence-corrected chi connectivity index (χ3v) is 5.37. The van der Waals surface area contributed by atoms with Gasteiger partial charge in [-0.3, -0.25) is 9.59 Å². The summed E-state index contributed by atoms with van der Waals surface area (Å²) in [5.41, 5.74) is 0.820. The van der Waals surface area contributed by atoms with Crippen molar-refractivity contribution in [2.24, 2.45) is 0 Å². The number of ether oxygens (including phenoxy) is 1. The summed E-state index contributed by atoms with van der Waals surface area (Å²) in [6.45, 7) is -0.398. The lowest BCUT2D eigenvalue weighted by Crippen LogP contribution is -2.46. The SMILES string of the molecule is COC(=O)[C@@H]1C[C@@H]([S+]=O)CN1C(=O)CNC(=O)c1ncc(-c2ccccc2)cc1F. The smallest absolute Gasteiger partial charge is 0.464 e. The maximum atomic E-state index is 14.4. The number of methoxy groups -OCH3 is 1. The van der Waals surface area contributed by atoms with Crippen molar-refractivity contribution in [1.82, 2.24) is 15.2 Å². The van der Waals surface area contributed by atoms with Gasteiger partial charge in [-0.25, -0.2) is 14.2 Å². The summed E-state index contributed by atoms with van der Waals surface area (Å²) in [7, 11) is 1.19. The number of halogens is 1. The van der Waals surface area contributed by atoms with E-state index in [0.29, 0.717) is 17.2 Å². The van der Waals surface area contributed by atoms with Crippen LogP contribution in [0, 0.1) is 5.82 Å². The molecule has 2 aromatic rings. The van der Waals surface area contributed by atoms with Crippen molar-refractivity contribution < 1.29 is 27.7 Å². The number of esters is 1. The van der Waals surface area contributed by atoms with Crippen LogP contribution in [-0.2, 0) is 30.2 Å². The first-order valence-corrected chi connectivity index (χ1v) is 9.90. The monoisotopic (exact) mass is 432 g/mol. The molecule has 2 heterocycles. The van der Waals surface area contributed by atoms with Gasteiger partial charge in [0.2, 0.25) is 5.91 Å². The Morgan fingerprint density at radius 1 is 1.27 bits per heavy atom. The number of nitrogens with zero attached hydrogens (tertiary/aromatic N) is 2. The number of aromatic nitrogens is 1. The quantitative estimate of drug-likeness (QED) is 0.543. The van der Waals surface area contributed by atoms with Crippen molar-refractivity contribution in [2.45, 2.75) is 17.7 Å². The van der Waals surface area contributed by atoms with Crippen molar-refractivity contribution in [2.75, 3.05) is 20.2 Å². The van der Waals surface area contributed by atoms with Crippen molar-refractivity contribution in [3.8, 4) is 11.1 Å². The number of benzene rings is 1. The third kappa shape index (κ3) is 4.65. The molecule has 0 radical (unpaired) electrons. The lowest BCUT2D eigenvalue weighted by Gasteiger charge is -2.21. The molecule has 0 unspecified atom stereocenters. The lowest BCUT2D eigenvalue weighted by atomic mass is 10.1. The van der Waals surface area contributed by atoms with Gasteiger partial charge in [0.05, 0.1) is 20.2 Å². The first kappa shape index (κ1) is 21.4. The molecule has 1 aromatic carbocycles. The molecule has 2 atom stereocenters. The van der Waals surface area contributed by atoms with Crippen LogP contribution >= 0.6 is 0 Å². The fourth-order valence-corrected chi connectivity index (χ4v) is 3.72. The Hall–Kier alpha value is -3.27. The van der Waals surface area contributed by atoms with Gasteiger partial charge in [0.1, 0.15) is 6.04 Å². The summed E-state index contributed by atoms with van der Waals surface area (Å²) in [5.74, 6) is -2.88. The van der Waals surface area contributed by atoms with Gasteiger partial charge in [0.25, 0.3) is 11.2 Å². The summed E-state index contributed by atoms with van der Waals surface area (Å²) in [6.07, 6.45) is 1.55. The highest BCUT2D eigenvalue weighted by Gasteiger charge is 2.46. The number of carbonyl (C=O) groups is 3. The Kier molecular flexibility index (Phi) is 6.78. The van der Waals surface area contributed by atoms with Crippen molar-refractivity contribution in [1.29, 1.82) is 0 Å². The zero-order valence-corrected chi connectivity index (χ0v) is 16.9. The van der Waals surface area contributed by atoms with Gasteiger partial charge in [-0.2, -0.15) is 0 Å². The molecule has 0 saturated carbocycles. The molecule has 156 valence electrons. The molecule has 10 heteroatoms. The van der Waals surface area contributed by atoms with Gasteiger partial charge in [0.15, 0.2) is 11.5 Å². The van der Waals surface area contributed by atoms with Gasteiger partial charge in [0, 0.05) is 22.4 Å². The maximum absolute atomic E-state index is 14.4. The van der Waals surface area contributed by atoms with Gasteiger partial charge in [-0.05, 0) is 11.6 Å². The lowest BCUT2D eigenvalue weighted by molar-refractivity contribution is -0.150. The molecule has 30 heavy (non-hydrogen) atoms. The second kappa shape index (κ2) is 9.49. The third-order valence-electron chi connectivity index (χ3n) is 4.76. The molecule has 8 nitrogen and oxygen atoms in total. The highest BCUT2D eigenvalue weighted by molar-refractivity contribution is 7.66. The molecule has 1 saturated heterocycles. The molecule has 2 amide bonds. The number of rotatable bonds is 6. The number of hydrogen-bond acceptors (Lipinski definition) is 6. The zero-order chi connectivity index (χ0) is 21.7. The fraction of sp³-hybridized carbons (Fsp3) is 0.300. The molecular weight excluding hydrogens is 413 g/mol. The van der Waals surface area contributed by atoms with Gasteiger partial charge in [-0.1, -0.05) is 30.3 Å². The number of nitrogens with one attached hydrogen (secondary N) is 1. The first-order chi connectivity index (χ1) is 14.4. The van der Waals surface area contributed by atoms with Crippen LogP contribution in [0.5, 0.6) is 0 Å². The van der Waals surface area contributed by atoms with E-state index in [0.717, 1.165) is 5.56 Å². The summed E-state index contributed by atoms with van der Waals surface area (Å²) in [6, 6.07) is 9.32. The van der Waals surface area contributed by atoms with E-state index in [2.05, 4.69) is 15.0 Å². The number of carbonyl (C=O) groups excluding carboxylic acids is 3. The van der Waals surface area contributed by atoms with Crippen molar-refractivity contribution in [3.05, 3.63) is 54.1 Å². The second-order valence-corrected chi connectivity index (χ2v) is 7.50. The highest BCUT2D eigenvalue weighted by Crippen LogP contribution is 2.21. The van der Waals surface area contributed by atoms with Crippen LogP contribution < -0.4 is 5.32 Å². The van der Waals surface area contributed by atoms with Crippen LogP contribution in [0.25, 0.3) is 11.1 Å². The van der Waals surface area contributed by atoms with E-state index in [-0.39, 0.29) is 13.0 Å². The van der Waals surface area contributed by atoms with Crippen molar-refractivity contribution in [3.63, 3.8) is 0 Å². The van der Waals surface area contributed by atoms with E-state index in [1.54, 1.807) is 24.3 Å². The average molecular weight is 432 g/mol. The predicted molar refractivity (Wildman–Crippen MR) is 106 cm³/mol. The molecule has 1 aliphatic heterocycles. The second-order valence-electron chi connectivity index (χ2n) is 6.64. The molecule has 0 bridgehead atoms. The van der Waals surface area contributed by atoms with Gasteiger partial charge in [-0.15, -0.1) is 0 Å². The van der Waals surface area contributed by atoms with E-state index >= 15 is 0 Å². The Morgan fingerprint density at radius 2 is 2.00 bits per heavy atom. The minimum atomic E-state index is -0.883. The number of pyridine rings is 1. The van der Waals surface area contributed by atoms with E-state index in [4.69, 9.17) is 0 Å². The molecule has 0 spiro atoms. The average Bonchev–Trinajstić information content (AvgIpc) is 3.22. The molecule has 1 fully saturated rings. The highest BCUT2D eigenvalue weighted by atomic mass is 32.1. The zero-order valence-electron chi connectivity index (χ0n) is 16.0. The molecule has 1 N–H and O–H groups in total. The Morgan fingerprint density at radius 3 is 2.63 bits per heavy atom. The Bertz CT molecular complexity index is 972. The number of amides is 2. The summed E-state index contributed by atoms with van der Waals surface area (Å²) < 4.78 is 30.2. The normalized spacial score (nSPS) is 18.0. The minimum Gasteiger partial charge on any atom is -0.467 e. The van der Waals surface area contributed by atoms with Crippen LogP contribution in [-0.4, -0.2) is 59.2 Å². The van der Waals surface area contributed by atoms with E-state index in [1.807, 2.05) is 6.07 Å². The summed E-state index contributed by atoms with van der Waals surface area (Å²) in [5, 5.41) is 1.87. The van der Waals surface area contributed by atoms with E-state index in [9.17, 15) is 23.0 Å². The topological polar surface area (TPSA) is 106 Å². The van der Waals surface area contributed by atoms with Gasteiger partial charge >= 0.3 is 17.6 Å². The molecule has 3 rings (SSSR count). The number of likely N-dealkylation sites (tertiary alicyclic amines) is 1. The maximum Gasteiger partial charge on any atom is 0.464 e. The van der Waals surface area contributed by atoms with E-state index in [1.165, 1.54) is 24.3 Å². The predicted octanol–water partition coefficient (Wildman–Crippen LogP) is 1.19. The largest absolute Gasteiger partial charge is 0.467 e. The Labute approximate surface area is 175 Å². The molecule has 0 aliphatic carbocycles. The fourth-order valence-electron chi connectivity index (χ4n) is 3.24. The first-order valence-electron chi connectivity index (χ1n) is 9.09. The van der Waals surface area contributed by atoms with Crippen LogP contribution in [0.4, 0.5) is 4.39 Å². The minimum absolute atomic E-state index is 0.0705. The van der Waals surface area contributed by atoms with Crippen LogP contribution in [0.15, 0.2) is 42.6 Å². The van der Waals surface area contributed by atoms with Gasteiger partial charge < -0.3 is 15.0 Å². The van der Waals surface area contributed by atoms with Crippen LogP contribution in [0.1, 0.15) is 16.9 Å².